The summed E-state index contributed by atoms with van der Waals surface area (Å²) in [6, 6.07) is 7.39. The number of rotatable bonds is 14. The van der Waals surface area contributed by atoms with Crippen molar-refractivity contribution in [3.8, 4) is 22.6 Å². The van der Waals surface area contributed by atoms with E-state index in [4.69, 9.17) is 9.47 Å². The lowest BCUT2D eigenvalue weighted by molar-refractivity contribution is -0.304. The van der Waals surface area contributed by atoms with Gasteiger partial charge in [-0.1, -0.05) is 38.1 Å². The maximum Gasteiger partial charge on any atom is 0.169 e. The van der Waals surface area contributed by atoms with E-state index in [9.17, 15) is 34.4 Å². The molecule has 9 heteroatoms. The van der Waals surface area contributed by atoms with E-state index < -0.39 is 36.5 Å². The van der Waals surface area contributed by atoms with Gasteiger partial charge in [0.15, 0.2) is 11.5 Å². The summed E-state index contributed by atoms with van der Waals surface area (Å²) in [5.74, 6) is -2.11. The van der Waals surface area contributed by atoms with Crippen LogP contribution in [0.2, 0.25) is 0 Å². The molecular formula is C26H30FO8-. The molecule has 0 heterocycles. The van der Waals surface area contributed by atoms with Gasteiger partial charge in [0.25, 0.3) is 0 Å². The van der Waals surface area contributed by atoms with Crippen molar-refractivity contribution in [1.29, 1.82) is 0 Å². The molecule has 0 saturated carbocycles. The maximum absolute atomic E-state index is 13.7. The molecule has 0 saturated heterocycles. The molecule has 0 aliphatic carbocycles. The van der Waals surface area contributed by atoms with Crippen LogP contribution in [0.3, 0.4) is 0 Å². The first-order valence-corrected chi connectivity index (χ1v) is 11.2. The number of aliphatic carboxylic acids is 1. The molecule has 0 radical (unpaired) electrons. The monoisotopic (exact) mass is 489 g/mol. The maximum atomic E-state index is 13.7. The van der Waals surface area contributed by atoms with Gasteiger partial charge in [-0.15, -0.1) is 0 Å². The second kappa shape index (κ2) is 13.6. The van der Waals surface area contributed by atoms with E-state index in [2.05, 4.69) is 0 Å². The Morgan fingerprint density at radius 3 is 2.29 bits per heavy atom. The van der Waals surface area contributed by atoms with Crippen LogP contribution in [0.5, 0.6) is 11.5 Å². The summed E-state index contributed by atoms with van der Waals surface area (Å²) in [6.07, 6.45) is 0.505. The summed E-state index contributed by atoms with van der Waals surface area (Å²) < 4.78 is 25.2. The Morgan fingerprint density at radius 2 is 1.71 bits per heavy atom. The van der Waals surface area contributed by atoms with Crippen LogP contribution in [0.4, 0.5) is 4.39 Å². The van der Waals surface area contributed by atoms with Crippen molar-refractivity contribution in [2.45, 2.75) is 38.7 Å². The number of ketones is 1. The standard InChI is InChI=1S/C26H31FO8/c1-16(2)22-15-23(34-11-9-28)26(35-12-10-29)25(17-3-5-18(27)6-4-17)21(22)8-7-19(30)13-20(31)14-24(32)33/h3-8,15-16,19,28-30H,9-14H2,1-2H3,(H,32,33)/p-1/b8-7+. The van der Waals surface area contributed by atoms with Gasteiger partial charge >= 0.3 is 0 Å². The highest BCUT2D eigenvalue weighted by molar-refractivity contribution is 5.94. The van der Waals surface area contributed by atoms with Crippen LogP contribution in [0.1, 0.15) is 43.7 Å². The number of aliphatic hydroxyl groups is 3. The first-order valence-electron chi connectivity index (χ1n) is 11.2. The van der Waals surface area contributed by atoms with E-state index in [1.165, 1.54) is 18.2 Å². The fourth-order valence-corrected chi connectivity index (χ4v) is 3.53. The van der Waals surface area contributed by atoms with Crippen molar-refractivity contribution in [3.05, 3.63) is 53.4 Å². The second-order valence-corrected chi connectivity index (χ2v) is 8.11. The van der Waals surface area contributed by atoms with Crippen LogP contribution in [0.25, 0.3) is 17.2 Å². The third-order valence-electron chi connectivity index (χ3n) is 5.02. The zero-order valence-corrected chi connectivity index (χ0v) is 19.7. The van der Waals surface area contributed by atoms with E-state index in [0.717, 1.165) is 5.56 Å². The van der Waals surface area contributed by atoms with E-state index in [1.54, 1.807) is 24.3 Å². The Labute approximate surface area is 203 Å². The summed E-state index contributed by atoms with van der Waals surface area (Å²) in [5.41, 5.74) is 2.44. The number of carboxylic acids is 1. The van der Waals surface area contributed by atoms with Gasteiger partial charge < -0.3 is 34.7 Å². The predicted octanol–water partition coefficient (Wildman–Crippen LogP) is 1.83. The van der Waals surface area contributed by atoms with Crippen molar-refractivity contribution in [2.75, 3.05) is 26.4 Å². The average Bonchev–Trinajstić information content (AvgIpc) is 2.79. The van der Waals surface area contributed by atoms with E-state index in [1.807, 2.05) is 13.8 Å². The molecule has 1 unspecified atom stereocenters. The van der Waals surface area contributed by atoms with Gasteiger partial charge in [0.1, 0.15) is 24.8 Å². The van der Waals surface area contributed by atoms with Crippen molar-refractivity contribution >= 4 is 17.8 Å². The second-order valence-electron chi connectivity index (χ2n) is 8.11. The highest BCUT2D eigenvalue weighted by atomic mass is 19.1. The number of carboxylic acid groups (broad SMARTS) is 1. The number of ether oxygens (including phenoxy) is 2. The third-order valence-corrected chi connectivity index (χ3v) is 5.02. The highest BCUT2D eigenvalue weighted by Crippen LogP contribution is 2.45. The molecule has 0 spiro atoms. The van der Waals surface area contributed by atoms with Crippen molar-refractivity contribution < 1.29 is 43.9 Å². The molecule has 2 rings (SSSR count). The SMILES string of the molecule is CC(C)c1cc(OCCO)c(OCCO)c(-c2ccc(F)cc2)c1/C=C/C(O)CC(=O)CC(=O)[O-]. The van der Waals surface area contributed by atoms with Gasteiger partial charge in [-0.25, -0.2) is 4.39 Å². The Hall–Kier alpha value is -3.27. The number of aliphatic hydroxyl groups excluding tert-OH is 3. The Balaban J connectivity index is 2.69. The molecular weight excluding hydrogens is 459 g/mol. The van der Waals surface area contributed by atoms with Crippen LogP contribution in [0, 0.1) is 5.82 Å². The lowest BCUT2D eigenvalue weighted by atomic mass is 9.88. The van der Waals surface area contributed by atoms with Crippen LogP contribution < -0.4 is 14.6 Å². The molecule has 8 nitrogen and oxygen atoms in total. The number of carbonyl (C=O) groups excluding carboxylic acids is 2. The van der Waals surface area contributed by atoms with Crippen LogP contribution >= 0.6 is 0 Å². The lowest BCUT2D eigenvalue weighted by Gasteiger charge is -2.23. The van der Waals surface area contributed by atoms with Gasteiger partial charge in [-0.2, -0.15) is 0 Å². The van der Waals surface area contributed by atoms with Gasteiger partial charge in [0.2, 0.25) is 0 Å². The van der Waals surface area contributed by atoms with Crippen LogP contribution in [0.15, 0.2) is 36.4 Å². The zero-order chi connectivity index (χ0) is 26.0. The van der Waals surface area contributed by atoms with Gasteiger partial charge in [0, 0.05) is 24.4 Å². The smallest absolute Gasteiger partial charge is 0.169 e. The summed E-state index contributed by atoms with van der Waals surface area (Å²) in [4.78, 5) is 22.4. The van der Waals surface area contributed by atoms with Gasteiger partial charge in [-0.05, 0) is 40.8 Å². The number of hydrogen-bond acceptors (Lipinski definition) is 8. The summed E-state index contributed by atoms with van der Waals surface area (Å²) >= 11 is 0. The lowest BCUT2D eigenvalue weighted by Crippen LogP contribution is -2.26. The quantitative estimate of drug-likeness (QED) is 0.342. The Morgan fingerprint density at radius 1 is 1.09 bits per heavy atom. The summed E-state index contributed by atoms with van der Waals surface area (Å²) in [5, 5.41) is 39.6. The Bertz CT molecular complexity index is 1030. The van der Waals surface area contributed by atoms with Crippen molar-refractivity contribution in [3.63, 3.8) is 0 Å². The minimum atomic E-state index is -1.52. The third kappa shape index (κ3) is 8.17. The number of Topliss-reactive ketones (excluding diaryl/α,β-unsaturated/α-hetero) is 1. The molecule has 1 atom stereocenters. The molecule has 0 aromatic heterocycles. The fourth-order valence-electron chi connectivity index (χ4n) is 3.53. The normalized spacial score (nSPS) is 12.2. The molecule has 2 aromatic rings. The van der Waals surface area contributed by atoms with E-state index >= 15 is 0 Å². The number of carbonyl (C=O) groups is 2. The minimum absolute atomic E-state index is 0.00960. The first-order chi connectivity index (χ1) is 16.7. The minimum Gasteiger partial charge on any atom is -0.550 e. The molecule has 2 aromatic carbocycles. The largest absolute Gasteiger partial charge is 0.550 e. The van der Waals surface area contributed by atoms with Crippen molar-refractivity contribution in [2.24, 2.45) is 0 Å². The van der Waals surface area contributed by atoms with E-state index in [-0.39, 0.29) is 38.1 Å². The summed E-state index contributed by atoms with van der Waals surface area (Å²) in [7, 11) is 0. The molecule has 0 aliphatic rings. The van der Waals surface area contributed by atoms with Crippen LogP contribution in [-0.4, -0.2) is 59.6 Å². The molecule has 0 amide bonds. The number of halogens is 1. The van der Waals surface area contributed by atoms with Crippen molar-refractivity contribution in [1.82, 2.24) is 0 Å². The topological polar surface area (TPSA) is 136 Å². The first kappa shape index (κ1) is 28.0. The molecule has 3 N–H and O–H groups in total. The molecule has 35 heavy (non-hydrogen) atoms. The zero-order valence-electron chi connectivity index (χ0n) is 19.7. The average molecular weight is 490 g/mol. The van der Waals surface area contributed by atoms with Gasteiger partial charge in [0.05, 0.1) is 19.3 Å². The molecule has 190 valence electrons. The fraction of sp³-hybridized carbons (Fsp3) is 0.385. The highest BCUT2D eigenvalue weighted by Gasteiger charge is 2.23. The molecule has 0 fully saturated rings. The Kier molecular flexibility index (Phi) is 10.8. The summed E-state index contributed by atoms with van der Waals surface area (Å²) in [6.45, 7) is 3.28. The predicted molar refractivity (Wildman–Crippen MR) is 125 cm³/mol. The molecule has 0 bridgehead atoms. The van der Waals surface area contributed by atoms with E-state index in [0.29, 0.717) is 22.4 Å². The number of benzene rings is 2. The van der Waals surface area contributed by atoms with Crippen LogP contribution in [-0.2, 0) is 9.59 Å². The molecule has 0 aliphatic heterocycles. The van der Waals surface area contributed by atoms with Gasteiger partial charge in [-0.3, -0.25) is 4.79 Å². The number of hydrogen-bond donors (Lipinski definition) is 3.